The Kier molecular flexibility index (Phi) is 6.60. The van der Waals surface area contributed by atoms with E-state index < -0.39 is 0 Å². The van der Waals surface area contributed by atoms with E-state index >= 15 is 0 Å². The number of methoxy groups -OCH3 is 1. The summed E-state index contributed by atoms with van der Waals surface area (Å²) in [6.45, 7) is 2.32. The first-order valence-corrected chi connectivity index (χ1v) is 11.8. The second kappa shape index (κ2) is 9.33. The highest BCUT2D eigenvalue weighted by Crippen LogP contribution is 2.48. The molecule has 1 heteroatoms. The molecular weight excluding hydrogens is 340 g/mol. The molecule has 0 amide bonds. The quantitative estimate of drug-likeness (QED) is 0.442. The highest BCUT2D eigenvalue weighted by Gasteiger charge is 2.35. The average Bonchev–Trinajstić information content (AvgIpc) is 2.75. The van der Waals surface area contributed by atoms with E-state index in [9.17, 15) is 0 Å². The summed E-state index contributed by atoms with van der Waals surface area (Å²) < 4.78 is 5.37. The summed E-state index contributed by atoms with van der Waals surface area (Å²) >= 11 is 0. The lowest BCUT2D eigenvalue weighted by Gasteiger charge is -2.42. The zero-order valence-electron chi connectivity index (χ0n) is 18.0. The molecule has 0 spiro atoms. The van der Waals surface area contributed by atoms with Crippen LogP contribution in [0.3, 0.4) is 0 Å². The molecule has 0 aliphatic heterocycles. The molecule has 0 saturated heterocycles. The molecule has 2 unspecified atom stereocenters. The van der Waals surface area contributed by atoms with Gasteiger partial charge in [-0.15, -0.1) is 0 Å². The third-order valence-corrected chi connectivity index (χ3v) is 7.73. The lowest BCUT2D eigenvalue weighted by Crippen LogP contribution is -2.30. The number of benzene rings is 2. The van der Waals surface area contributed by atoms with Crippen LogP contribution in [0, 0.1) is 17.8 Å². The molecule has 2 aromatic carbocycles. The summed E-state index contributed by atoms with van der Waals surface area (Å²) in [6, 6.07) is 13.6. The molecular formula is C27H38O. The Morgan fingerprint density at radius 2 is 1.61 bits per heavy atom. The Hall–Kier alpha value is -1.50. The van der Waals surface area contributed by atoms with E-state index in [0.29, 0.717) is 0 Å². The molecule has 4 rings (SSSR count). The maximum Gasteiger partial charge on any atom is 0.119 e. The number of rotatable bonds is 7. The molecule has 2 saturated carbocycles. The summed E-state index contributed by atoms with van der Waals surface area (Å²) in [7, 11) is 1.74. The molecule has 2 fully saturated rings. The van der Waals surface area contributed by atoms with Gasteiger partial charge in [-0.2, -0.15) is 0 Å². The van der Waals surface area contributed by atoms with E-state index in [1.54, 1.807) is 12.7 Å². The standard InChI is InChI=1S/C27H38O/c1-3-4-5-6-7-20-8-9-22-17-23(11-10-21(22)16-20)24-12-13-26-19-27(28-2)15-14-25(26)18-24/h12-15,18-23H,3-11,16-17H2,1-2H3/t20?,21-,22?,23-/m1/s1. The topological polar surface area (TPSA) is 9.23 Å². The zero-order valence-corrected chi connectivity index (χ0v) is 18.0. The maximum atomic E-state index is 5.37. The molecule has 2 aromatic rings. The second-order valence-corrected chi connectivity index (χ2v) is 9.53. The van der Waals surface area contributed by atoms with Crippen molar-refractivity contribution in [1.82, 2.24) is 0 Å². The number of unbranched alkanes of at least 4 members (excludes halogenated alkanes) is 3. The summed E-state index contributed by atoms with van der Waals surface area (Å²) in [5.74, 6) is 4.76. The first kappa shape index (κ1) is 19.8. The monoisotopic (exact) mass is 378 g/mol. The second-order valence-electron chi connectivity index (χ2n) is 9.53. The summed E-state index contributed by atoms with van der Waals surface area (Å²) in [6.07, 6.45) is 16.0. The van der Waals surface area contributed by atoms with Gasteiger partial charge in [-0.25, -0.2) is 0 Å². The third kappa shape index (κ3) is 4.56. The molecule has 28 heavy (non-hydrogen) atoms. The third-order valence-electron chi connectivity index (χ3n) is 7.73. The number of hydrogen-bond acceptors (Lipinski definition) is 1. The molecule has 2 aliphatic carbocycles. The van der Waals surface area contributed by atoms with Gasteiger partial charge in [-0.3, -0.25) is 0 Å². The van der Waals surface area contributed by atoms with Gasteiger partial charge in [0.1, 0.15) is 5.75 Å². The Bertz CT molecular complexity index is 764. The van der Waals surface area contributed by atoms with E-state index in [4.69, 9.17) is 4.74 Å². The molecule has 152 valence electrons. The SMILES string of the molecule is CCCCCCC1CCC2C[C@H](c3ccc4cc(OC)ccc4c3)CC[C@@H]2C1. The highest BCUT2D eigenvalue weighted by molar-refractivity contribution is 5.84. The number of hydrogen-bond donors (Lipinski definition) is 0. The van der Waals surface area contributed by atoms with Crippen LogP contribution in [0.15, 0.2) is 36.4 Å². The van der Waals surface area contributed by atoms with Crippen LogP contribution in [0.2, 0.25) is 0 Å². The fraction of sp³-hybridized carbons (Fsp3) is 0.630. The number of ether oxygens (including phenoxy) is 1. The lowest BCUT2D eigenvalue weighted by atomic mass is 9.63. The van der Waals surface area contributed by atoms with E-state index in [2.05, 4.69) is 43.3 Å². The minimum atomic E-state index is 0.772. The Balaban J connectivity index is 1.35. The van der Waals surface area contributed by atoms with Crippen molar-refractivity contribution in [2.45, 2.75) is 83.5 Å². The molecule has 0 bridgehead atoms. The fourth-order valence-electron chi connectivity index (χ4n) is 6.03. The van der Waals surface area contributed by atoms with Crippen LogP contribution in [0.25, 0.3) is 10.8 Å². The van der Waals surface area contributed by atoms with E-state index in [1.807, 2.05) is 0 Å². The van der Waals surface area contributed by atoms with Crippen LogP contribution in [0.4, 0.5) is 0 Å². The van der Waals surface area contributed by atoms with E-state index in [0.717, 1.165) is 29.4 Å². The van der Waals surface area contributed by atoms with E-state index in [-0.39, 0.29) is 0 Å². The van der Waals surface area contributed by atoms with Crippen molar-refractivity contribution in [2.24, 2.45) is 17.8 Å². The van der Waals surface area contributed by atoms with Crippen molar-refractivity contribution >= 4 is 10.8 Å². The predicted molar refractivity (Wildman–Crippen MR) is 120 cm³/mol. The molecule has 0 aromatic heterocycles. The summed E-state index contributed by atoms with van der Waals surface area (Å²) in [4.78, 5) is 0. The lowest BCUT2D eigenvalue weighted by molar-refractivity contribution is 0.113. The van der Waals surface area contributed by atoms with Crippen LogP contribution in [0.1, 0.15) is 89.0 Å². The summed E-state index contributed by atoms with van der Waals surface area (Å²) in [5, 5.41) is 2.65. The maximum absolute atomic E-state index is 5.37. The molecule has 1 nitrogen and oxygen atoms in total. The van der Waals surface area contributed by atoms with Crippen molar-refractivity contribution in [3.05, 3.63) is 42.0 Å². The van der Waals surface area contributed by atoms with Gasteiger partial charge in [0.25, 0.3) is 0 Å². The van der Waals surface area contributed by atoms with Gasteiger partial charge in [0, 0.05) is 0 Å². The minimum Gasteiger partial charge on any atom is -0.497 e. The van der Waals surface area contributed by atoms with Crippen LogP contribution in [-0.4, -0.2) is 7.11 Å². The minimum absolute atomic E-state index is 0.772. The van der Waals surface area contributed by atoms with Gasteiger partial charge in [-0.1, -0.05) is 69.7 Å². The Labute approximate surface area is 171 Å². The largest absolute Gasteiger partial charge is 0.497 e. The average molecular weight is 379 g/mol. The van der Waals surface area contributed by atoms with Crippen LogP contribution in [0.5, 0.6) is 5.75 Å². The van der Waals surface area contributed by atoms with Gasteiger partial charge in [0.05, 0.1) is 7.11 Å². The summed E-state index contributed by atoms with van der Waals surface area (Å²) in [5.41, 5.74) is 1.57. The molecule has 2 aliphatic rings. The van der Waals surface area contributed by atoms with Crippen LogP contribution >= 0.6 is 0 Å². The first-order valence-electron chi connectivity index (χ1n) is 11.8. The van der Waals surface area contributed by atoms with Crippen molar-refractivity contribution in [3.63, 3.8) is 0 Å². The van der Waals surface area contributed by atoms with Crippen molar-refractivity contribution < 1.29 is 4.74 Å². The molecule has 0 N–H and O–H groups in total. The molecule has 0 heterocycles. The predicted octanol–water partition coefficient (Wildman–Crippen LogP) is 8.12. The van der Waals surface area contributed by atoms with Crippen molar-refractivity contribution in [1.29, 1.82) is 0 Å². The Morgan fingerprint density at radius 3 is 2.46 bits per heavy atom. The first-order chi connectivity index (χ1) is 13.8. The highest BCUT2D eigenvalue weighted by atomic mass is 16.5. The van der Waals surface area contributed by atoms with Crippen LogP contribution < -0.4 is 4.74 Å². The number of fused-ring (bicyclic) bond motifs is 2. The smallest absolute Gasteiger partial charge is 0.119 e. The van der Waals surface area contributed by atoms with Gasteiger partial charge in [-0.05, 0) is 84.2 Å². The molecule has 0 radical (unpaired) electrons. The van der Waals surface area contributed by atoms with E-state index in [1.165, 1.54) is 81.4 Å². The zero-order chi connectivity index (χ0) is 19.3. The fourth-order valence-corrected chi connectivity index (χ4v) is 6.03. The van der Waals surface area contributed by atoms with Crippen molar-refractivity contribution in [3.8, 4) is 5.75 Å². The molecule has 4 atom stereocenters. The normalized spacial score (nSPS) is 27.5. The van der Waals surface area contributed by atoms with Gasteiger partial charge >= 0.3 is 0 Å². The van der Waals surface area contributed by atoms with Gasteiger partial charge in [0.15, 0.2) is 0 Å². The van der Waals surface area contributed by atoms with Crippen LogP contribution in [-0.2, 0) is 0 Å². The van der Waals surface area contributed by atoms with Crippen molar-refractivity contribution in [2.75, 3.05) is 7.11 Å². The Morgan fingerprint density at radius 1 is 0.821 bits per heavy atom. The van der Waals surface area contributed by atoms with Gasteiger partial charge in [0.2, 0.25) is 0 Å². The van der Waals surface area contributed by atoms with Gasteiger partial charge < -0.3 is 4.74 Å².